The van der Waals surface area contributed by atoms with Gasteiger partial charge in [-0.3, -0.25) is 0 Å². The molecule has 1 aromatic heterocycles. The lowest BCUT2D eigenvalue weighted by molar-refractivity contribution is 0.665. The smallest absolute Gasteiger partial charge is 0.191 e. The Labute approximate surface area is 172 Å². The Hall–Kier alpha value is -1.22. The first-order valence-electron chi connectivity index (χ1n) is 8.20. The zero-order chi connectivity index (χ0) is 17.4. The lowest BCUT2D eigenvalue weighted by Gasteiger charge is -2.23. The second-order valence-electron chi connectivity index (χ2n) is 6.14. The highest BCUT2D eigenvalue weighted by Gasteiger charge is 2.16. The van der Waals surface area contributed by atoms with Crippen LogP contribution < -0.4 is 10.6 Å². The van der Waals surface area contributed by atoms with Gasteiger partial charge in [-0.15, -0.1) is 24.0 Å². The van der Waals surface area contributed by atoms with E-state index in [9.17, 15) is 0 Å². The highest BCUT2D eigenvalue weighted by Crippen LogP contribution is 2.19. The Morgan fingerprint density at radius 3 is 2.60 bits per heavy atom. The summed E-state index contributed by atoms with van der Waals surface area (Å²) >= 11 is 1.84. The minimum absolute atomic E-state index is 0. The molecule has 0 bridgehead atoms. The standard InChI is InChI=1S/C18H27N5S.HI/c1-5-19-17(21-14-18(2,3)24-4)20-11-15-12-22-23(13-15)16-9-7-6-8-10-16;/h6-10,12-13H,5,11,14H2,1-4H3,(H2,19,20,21);1H. The van der Waals surface area contributed by atoms with Crippen LogP contribution >= 0.6 is 35.7 Å². The number of thioether (sulfide) groups is 1. The van der Waals surface area contributed by atoms with Gasteiger partial charge in [-0.2, -0.15) is 16.9 Å². The molecule has 0 aliphatic rings. The van der Waals surface area contributed by atoms with Gasteiger partial charge >= 0.3 is 0 Å². The summed E-state index contributed by atoms with van der Waals surface area (Å²) in [6.07, 6.45) is 6.02. The molecule has 2 aromatic rings. The first kappa shape index (κ1) is 21.8. The van der Waals surface area contributed by atoms with Crippen molar-refractivity contribution in [3.63, 3.8) is 0 Å². The van der Waals surface area contributed by atoms with Gasteiger partial charge < -0.3 is 10.6 Å². The molecule has 2 rings (SSSR count). The number of para-hydroxylation sites is 1. The van der Waals surface area contributed by atoms with Crippen LogP contribution in [0.3, 0.4) is 0 Å². The van der Waals surface area contributed by atoms with E-state index in [0.29, 0.717) is 6.54 Å². The van der Waals surface area contributed by atoms with E-state index in [1.54, 1.807) is 0 Å². The topological polar surface area (TPSA) is 54.2 Å². The maximum Gasteiger partial charge on any atom is 0.191 e. The number of nitrogens with one attached hydrogen (secondary N) is 2. The third-order valence-corrected chi connectivity index (χ3v) is 4.90. The molecule has 0 spiro atoms. The van der Waals surface area contributed by atoms with Crippen LogP contribution in [0.15, 0.2) is 47.7 Å². The summed E-state index contributed by atoms with van der Waals surface area (Å²) in [5.74, 6) is 0.840. The van der Waals surface area contributed by atoms with Crippen LogP contribution in [0.5, 0.6) is 0 Å². The fraction of sp³-hybridized carbons (Fsp3) is 0.444. The Bertz CT molecular complexity index is 654. The van der Waals surface area contributed by atoms with Crippen LogP contribution in [0.4, 0.5) is 0 Å². The van der Waals surface area contributed by atoms with E-state index in [2.05, 4.69) is 47.8 Å². The SMILES string of the molecule is CCNC(=NCc1cnn(-c2ccccc2)c1)NCC(C)(C)SC.I. The van der Waals surface area contributed by atoms with Crippen LogP contribution in [-0.2, 0) is 6.54 Å². The monoisotopic (exact) mass is 473 g/mol. The predicted octanol–water partition coefficient (Wildman–Crippen LogP) is 3.69. The van der Waals surface area contributed by atoms with E-state index in [-0.39, 0.29) is 28.7 Å². The van der Waals surface area contributed by atoms with Crippen LogP contribution in [0.1, 0.15) is 26.3 Å². The number of benzene rings is 1. The molecule has 1 aromatic carbocycles. The van der Waals surface area contributed by atoms with Crippen LogP contribution in [0, 0.1) is 0 Å². The number of hydrogen-bond acceptors (Lipinski definition) is 3. The van der Waals surface area contributed by atoms with Crippen molar-refractivity contribution >= 4 is 41.7 Å². The third-order valence-electron chi connectivity index (χ3n) is 3.65. The lowest BCUT2D eigenvalue weighted by Crippen LogP contribution is -2.43. The summed E-state index contributed by atoms with van der Waals surface area (Å²) in [5.41, 5.74) is 2.14. The van der Waals surface area contributed by atoms with Crippen molar-refractivity contribution in [3.8, 4) is 5.69 Å². The van der Waals surface area contributed by atoms with Gasteiger partial charge in [-0.05, 0) is 39.2 Å². The summed E-state index contributed by atoms with van der Waals surface area (Å²) in [7, 11) is 0. The van der Waals surface area contributed by atoms with E-state index in [1.807, 2.05) is 59.2 Å². The zero-order valence-electron chi connectivity index (χ0n) is 15.3. The summed E-state index contributed by atoms with van der Waals surface area (Å²) in [4.78, 5) is 4.66. The van der Waals surface area contributed by atoms with E-state index in [4.69, 9.17) is 0 Å². The van der Waals surface area contributed by atoms with Gasteiger partial charge in [0.05, 0.1) is 18.4 Å². The molecule has 0 atom stereocenters. The molecule has 0 unspecified atom stereocenters. The molecule has 1 heterocycles. The second-order valence-corrected chi connectivity index (χ2v) is 7.65. The van der Waals surface area contributed by atoms with Gasteiger partial charge in [0, 0.05) is 29.6 Å². The number of guanidine groups is 1. The molecule has 138 valence electrons. The molecule has 7 heteroatoms. The van der Waals surface area contributed by atoms with Crippen molar-refractivity contribution in [1.29, 1.82) is 0 Å². The molecule has 0 fully saturated rings. The van der Waals surface area contributed by atoms with E-state index in [0.717, 1.165) is 30.3 Å². The van der Waals surface area contributed by atoms with Crippen LogP contribution in [0.25, 0.3) is 5.69 Å². The molecule has 2 N–H and O–H groups in total. The van der Waals surface area contributed by atoms with Crippen LogP contribution in [0.2, 0.25) is 0 Å². The minimum Gasteiger partial charge on any atom is -0.357 e. The fourth-order valence-corrected chi connectivity index (χ4v) is 2.26. The summed E-state index contributed by atoms with van der Waals surface area (Å²) in [6, 6.07) is 10.1. The molecular weight excluding hydrogens is 445 g/mol. The van der Waals surface area contributed by atoms with Gasteiger partial charge in [0.2, 0.25) is 0 Å². The highest BCUT2D eigenvalue weighted by atomic mass is 127. The number of nitrogens with zero attached hydrogens (tertiary/aromatic N) is 3. The molecule has 0 saturated heterocycles. The fourth-order valence-electron chi connectivity index (χ4n) is 2.04. The van der Waals surface area contributed by atoms with Gasteiger partial charge in [-0.1, -0.05) is 18.2 Å². The van der Waals surface area contributed by atoms with E-state index in [1.165, 1.54) is 0 Å². The predicted molar refractivity (Wildman–Crippen MR) is 119 cm³/mol. The first-order valence-corrected chi connectivity index (χ1v) is 9.43. The molecule has 0 aliphatic carbocycles. The largest absolute Gasteiger partial charge is 0.357 e. The second kappa shape index (κ2) is 10.7. The van der Waals surface area contributed by atoms with E-state index < -0.39 is 0 Å². The third kappa shape index (κ3) is 7.27. The van der Waals surface area contributed by atoms with Gasteiger partial charge in [0.15, 0.2) is 5.96 Å². The highest BCUT2D eigenvalue weighted by molar-refractivity contribution is 14.0. The van der Waals surface area contributed by atoms with Crippen LogP contribution in [-0.4, -0.2) is 39.8 Å². The maximum absolute atomic E-state index is 4.66. The van der Waals surface area contributed by atoms with Crippen molar-refractivity contribution in [2.45, 2.75) is 32.1 Å². The first-order chi connectivity index (χ1) is 11.5. The van der Waals surface area contributed by atoms with Crippen molar-refractivity contribution < 1.29 is 0 Å². The summed E-state index contributed by atoms with van der Waals surface area (Å²) in [6.45, 7) is 8.82. The summed E-state index contributed by atoms with van der Waals surface area (Å²) in [5, 5.41) is 11.1. The Kier molecular flexibility index (Phi) is 9.34. The van der Waals surface area contributed by atoms with Gasteiger partial charge in [-0.25, -0.2) is 9.67 Å². The Morgan fingerprint density at radius 1 is 1.24 bits per heavy atom. The number of halogens is 1. The normalized spacial score (nSPS) is 11.8. The maximum atomic E-state index is 4.66. The number of hydrogen-bond donors (Lipinski definition) is 2. The number of rotatable bonds is 7. The molecule has 0 amide bonds. The average Bonchev–Trinajstić information content (AvgIpc) is 3.07. The minimum atomic E-state index is 0. The Morgan fingerprint density at radius 2 is 1.96 bits per heavy atom. The van der Waals surface area contributed by atoms with Gasteiger partial charge in [0.1, 0.15) is 0 Å². The molecule has 25 heavy (non-hydrogen) atoms. The lowest BCUT2D eigenvalue weighted by atomic mass is 10.2. The molecule has 0 saturated carbocycles. The summed E-state index contributed by atoms with van der Waals surface area (Å²) < 4.78 is 2.05. The Balaban J connectivity index is 0.00000312. The van der Waals surface area contributed by atoms with E-state index >= 15 is 0 Å². The number of aliphatic imine (C=N–C) groups is 1. The van der Waals surface area contributed by atoms with Gasteiger partial charge in [0.25, 0.3) is 0 Å². The van der Waals surface area contributed by atoms with Crippen molar-refractivity contribution in [3.05, 3.63) is 48.3 Å². The van der Waals surface area contributed by atoms with Crippen molar-refractivity contribution in [2.24, 2.45) is 4.99 Å². The quantitative estimate of drug-likeness (QED) is 0.366. The number of aromatic nitrogens is 2. The molecule has 0 radical (unpaired) electrons. The molecule has 0 aliphatic heterocycles. The van der Waals surface area contributed by atoms with Crippen molar-refractivity contribution in [2.75, 3.05) is 19.3 Å². The molecule has 5 nitrogen and oxygen atoms in total. The average molecular weight is 473 g/mol. The van der Waals surface area contributed by atoms with Crippen molar-refractivity contribution in [1.82, 2.24) is 20.4 Å². The zero-order valence-corrected chi connectivity index (χ0v) is 18.5. The molecular formula is C18H28IN5S.